The molecule has 0 unspecified atom stereocenters. The fourth-order valence-electron chi connectivity index (χ4n) is 2.08. The number of benzene rings is 1. The Morgan fingerprint density at radius 1 is 1.09 bits per heavy atom. The molecule has 0 spiro atoms. The van der Waals surface area contributed by atoms with E-state index in [2.05, 4.69) is 10.3 Å². The number of ketones is 1. The zero-order valence-electron chi connectivity index (χ0n) is 12.9. The maximum atomic E-state index is 12.1. The molecule has 1 N–H and O–H groups in total. The van der Waals surface area contributed by atoms with Gasteiger partial charge >= 0.3 is 0 Å². The summed E-state index contributed by atoms with van der Waals surface area (Å²) in [4.78, 5) is 27.9. The second kappa shape index (κ2) is 7.50. The third-order valence-corrected chi connectivity index (χ3v) is 3.62. The average Bonchev–Trinajstić information content (AvgIpc) is 2.54. The lowest BCUT2D eigenvalue weighted by Crippen LogP contribution is -2.23. The van der Waals surface area contributed by atoms with Crippen LogP contribution in [-0.4, -0.2) is 16.7 Å². The van der Waals surface area contributed by atoms with Gasteiger partial charge in [-0.05, 0) is 42.7 Å². The van der Waals surface area contributed by atoms with Gasteiger partial charge in [-0.3, -0.25) is 14.6 Å². The van der Waals surface area contributed by atoms with Gasteiger partial charge in [0.15, 0.2) is 5.78 Å². The van der Waals surface area contributed by atoms with Gasteiger partial charge in [0.25, 0.3) is 0 Å². The molecule has 1 aromatic heterocycles. The molecule has 0 aliphatic heterocycles. The third-order valence-electron chi connectivity index (χ3n) is 3.62. The Labute approximate surface area is 130 Å². The molecule has 0 aliphatic rings. The fourth-order valence-corrected chi connectivity index (χ4v) is 2.08. The van der Waals surface area contributed by atoms with Gasteiger partial charge in [0.2, 0.25) is 5.91 Å². The maximum absolute atomic E-state index is 12.1. The molecular weight excluding hydrogens is 276 g/mol. The molecule has 0 bridgehead atoms. The zero-order valence-corrected chi connectivity index (χ0v) is 12.9. The molecule has 22 heavy (non-hydrogen) atoms. The van der Waals surface area contributed by atoms with Crippen molar-refractivity contribution < 1.29 is 9.59 Å². The highest BCUT2D eigenvalue weighted by atomic mass is 16.2. The van der Waals surface area contributed by atoms with Crippen molar-refractivity contribution in [3.8, 4) is 0 Å². The predicted octanol–water partition coefficient (Wildman–Crippen LogP) is 2.98. The SMILES string of the molecule is Cc1ccc(C(=O)CCC(=O)NCc2cccnc2)cc1C. The molecule has 4 nitrogen and oxygen atoms in total. The lowest BCUT2D eigenvalue weighted by molar-refractivity contribution is -0.121. The van der Waals surface area contributed by atoms with Crippen LogP contribution in [0, 0.1) is 13.8 Å². The number of nitrogens with zero attached hydrogens (tertiary/aromatic N) is 1. The fraction of sp³-hybridized carbons (Fsp3) is 0.278. The van der Waals surface area contributed by atoms with Gasteiger partial charge in [0.05, 0.1) is 0 Å². The van der Waals surface area contributed by atoms with Gasteiger partial charge in [0, 0.05) is 37.3 Å². The Balaban J connectivity index is 1.80. The zero-order chi connectivity index (χ0) is 15.9. The molecule has 1 aromatic carbocycles. The Kier molecular flexibility index (Phi) is 5.42. The molecule has 4 heteroatoms. The van der Waals surface area contributed by atoms with Gasteiger partial charge < -0.3 is 5.32 Å². The summed E-state index contributed by atoms with van der Waals surface area (Å²) in [6.07, 6.45) is 3.82. The number of hydrogen-bond acceptors (Lipinski definition) is 3. The predicted molar refractivity (Wildman–Crippen MR) is 85.6 cm³/mol. The van der Waals surface area contributed by atoms with Gasteiger partial charge in [-0.2, -0.15) is 0 Å². The van der Waals surface area contributed by atoms with E-state index in [0.717, 1.165) is 16.7 Å². The highest BCUT2D eigenvalue weighted by Crippen LogP contribution is 2.12. The molecule has 0 saturated heterocycles. The Hall–Kier alpha value is -2.49. The van der Waals surface area contributed by atoms with Crippen molar-refractivity contribution in [1.82, 2.24) is 10.3 Å². The molecule has 2 aromatic rings. The minimum absolute atomic E-state index is 0.000345. The van der Waals surface area contributed by atoms with Crippen molar-refractivity contribution in [2.45, 2.75) is 33.2 Å². The van der Waals surface area contributed by atoms with Crippen molar-refractivity contribution >= 4 is 11.7 Å². The Morgan fingerprint density at radius 2 is 1.91 bits per heavy atom. The molecular formula is C18H20N2O2. The van der Waals surface area contributed by atoms with Gasteiger partial charge in [-0.1, -0.05) is 18.2 Å². The van der Waals surface area contributed by atoms with E-state index in [1.807, 2.05) is 44.2 Å². The first-order valence-electron chi connectivity index (χ1n) is 7.32. The molecule has 0 atom stereocenters. The van der Waals surface area contributed by atoms with Crippen LogP contribution in [-0.2, 0) is 11.3 Å². The second-order valence-corrected chi connectivity index (χ2v) is 5.36. The van der Waals surface area contributed by atoms with Crippen LogP contribution in [0.25, 0.3) is 0 Å². The molecule has 0 fully saturated rings. The number of nitrogens with one attached hydrogen (secondary N) is 1. The van der Waals surface area contributed by atoms with Crippen LogP contribution in [0.1, 0.15) is 39.9 Å². The highest BCUT2D eigenvalue weighted by molar-refractivity contribution is 5.98. The van der Waals surface area contributed by atoms with Crippen LogP contribution in [0.2, 0.25) is 0 Å². The molecule has 1 heterocycles. The lowest BCUT2D eigenvalue weighted by atomic mass is 10.0. The standard InChI is InChI=1S/C18H20N2O2/c1-13-5-6-16(10-14(13)2)17(21)7-8-18(22)20-12-15-4-3-9-19-11-15/h3-6,9-11H,7-8,12H2,1-2H3,(H,20,22). The third kappa shape index (κ3) is 4.52. The van der Waals surface area contributed by atoms with Crippen molar-refractivity contribution in [3.63, 3.8) is 0 Å². The van der Waals surface area contributed by atoms with Gasteiger partial charge in [-0.25, -0.2) is 0 Å². The molecule has 2 rings (SSSR count). The Bertz CT molecular complexity index is 666. The van der Waals surface area contributed by atoms with Crippen LogP contribution in [0.4, 0.5) is 0 Å². The first kappa shape index (κ1) is 15.9. The Morgan fingerprint density at radius 3 is 2.59 bits per heavy atom. The smallest absolute Gasteiger partial charge is 0.220 e. The van der Waals surface area contributed by atoms with Crippen LogP contribution in [0.15, 0.2) is 42.7 Å². The van der Waals surface area contributed by atoms with Crippen LogP contribution in [0.3, 0.4) is 0 Å². The van der Waals surface area contributed by atoms with E-state index in [9.17, 15) is 9.59 Å². The maximum Gasteiger partial charge on any atom is 0.220 e. The summed E-state index contributed by atoms with van der Waals surface area (Å²) in [5.74, 6) is -0.124. The minimum atomic E-state index is -0.124. The second-order valence-electron chi connectivity index (χ2n) is 5.36. The minimum Gasteiger partial charge on any atom is -0.352 e. The summed E-state index contributed by atoms with van der Waals surface area (Å²) < 4.78 is 0. The van der Waals surface area contributed by atoms with Crippen molar-refractivity contribution in [2.75, 3.05) is 0 Å². The largest absolute Gasteiger partial charge is 0.352 e. The van der Waals surface area contributed by atoms with Crippen LogP contribution >= 0.6 is 0 Å². The first-order chi connectivity index (χ1) is 10.6. The summed E-state index contributed by atoms with van der Waals surface area (Å²) >= 11 is 0. The van der Waals surface area contributed by atoms with Crippen LogP contribution < -0.4 is 5.32 Å². The lowest BCUT2D eigenvalue weighted by Gasteiger charge is -2.06. The number of hydrogen-bond donors (Lipinski definition) is 1. The van der Waals surface area contributed by atoms with E-state index >= 15 is 0 Å². The van der Waals surface area contributed by atoms with E-state index in [1.165, 1.54) is 0 Å². The molecule has 114 valence electrons. The number of aromatic nitrogens is 1. The van der Waals surface area contributed by atoms with E-state index in [1.54, 1.807) is 12.4 Å². The average molecular weight is 296 g/mol. The summed E-state index contributed by atoms with van der Waals surface area (Å²) in [7, 11) is 0. The number of Topliss-reactive ketones (excluding diaryl/α,β-unsaturated/α-hetero) is 1. The van der Waals surface area contributed by atoms with E-state index < -0.39 is 0 Å². The summed E-state index contributed by atoms with van der Waals surface area (Å²) in [5.41, 5.74) is 3.86. The number of amides is 1. The van der Waals surface area contributed by atoms with E-state index in [-0.39, 0.29) is 24.5 Å². The van der Waals surface area contributed by atoms with E-state index in [4.69, 9.17) is 0 Å². The molecule has 1 amide bonds. The van der Waals surface area contributed by atoms with E-state index in [0.29, 0.717) is 12.1 Å². The van der Waals surface area contributed by atoms with Crippen LogP contribution in [0.5, 0.6) is 0 Å². The first-order valence-corrected chi connectivity index (χ1v) is 7.32. The number of carbonyl (C=O) groups excluding carboxylic acids is 2. The summed E-state index contributed by atoms with van der Waals surface area (Å²) in [6, 6.07) is 9.35. The monoisotopic (exact) mass is 296 g/mol. The molecule has 0 radical (unpaired) electrons. The summed E-state index contributed by atoms with van der Waals surface area (Å²) in [5, 5.41) is 2.80. The molecule has 0 aliphatic carbocycles. The summed E-state index contributed by atoms with van der Waals surface area (Å²) in [6.45, 7) is 4.42. The number of aryl methyl sites for hydroxylation is 2. The van der Waals surface area contributed by atoms with Gasteiger partial charge in [-0.15, -0.1) is 0 Å². The number of pyridine rings is 1. The number of rotatable bonds is 6. The highest BCUT2D eigenvalue weighted by Gasteiger charge is 2.10. The van der Waals surface area contributed by atoms with Crippen molar-refractivity contribution in [3.05, 3.63) is 65.0 Å². The van der Waals surface area contributed by atoms with Crippen molar-refractivity contribution in [1.29, 1.82) is 0 Å². The van der Waals surface area contributed by atoms with Gasteiger partial charge in [0.1, 0.15) is 0 Å². The molecule has 0 saturated carbocycles. The number of carbonyl (C=O) groups is 2. The van der Waals surface area contributed by atoms with Crippen molar-refractivity contribution in [2.24, 2.45) is 0 Å². The normalized spacial score (nSPS) is 10.3. The topological polar surface area (TPSA) is 59.1 Å². The quantitative estimate of drug-likeness (QED) is 0.834.